The topological polar surface area (TPSA) is 67.4 Å². The van der Waals surface area contributed by atoms with Crippen LogP contribution in [0.1, 0.15) is 45.2 Å². The molecule has 23 heavy (non-hydrogen) atoms. The summed E-state index contributed by atoms with van der Waals surface area (Å²) in [5.74, 6) is 2.06. The second-order valence-electron chi connectivity index (χ2n) is 5.60. The molecule has 0 saturated heterocycles. The molecule has 1 heterocycles. The molecular formula is C17H24N2O3S. The fourth-order valence-electron chi connectivity index (χ4n) is 2.37. The summed E-state index contributed by atoms with van der Waals surface area (Å²) in [4.78, 5) is 23.7. The first-order valence-electron chi connectivity index (χ1n) is 8.03. The minimum absolute atomic E-state index is 0.0364. The van der Waals surface area contributed by atoms with Crippen LogP contribution in [0, 0.1) is 0 Å². The summed E-state index contributed by atoms with van der Waals surface area (Å²) in [7, 11) is 0. The maximum atomic E-state index is 11.9. The quantitative estimate of drug-likeness (QED) is 0.751. The van der Waals surface area contributed by atoms with Crippen LogP contribution < -0.4 is 15.4 Å². The van der Waals surface area contributed by atoms with E-state index >= 15 is 0 Å². The van der Waals surface area contributed by atoms with Gasteiger partial charge in [0.05, 0.1) is 17.5 Å². The Morgan fingerprint density at radius 2 is 2.22 bits per heavy atom. The van der Waals surface area contributed by atoms with Gasteiger partial charge in [-0.15, -0.1) is 0 Å². The van der Waals surface area contributed by atoms with E-state index < -0.39 is 6.10 Å². The number of carbonyl (C=O) groups is 2. The number of anilines is 1. The lowest BCUT2D eigenvalue weighted by molar-refractivity contribution is -0.123. The maximum absolute atomic E-state index is 11.9. The van der Waals surface area contributed by atoms with Crippen LogP contribution in [0.25, 0.3) is 0 Å². The molecule has 0 aliphatic carbocycles. The van der Waals surface area contributed by atoms with Crippen molar-refractivity contribution in [1.82, 2.24) is 5.32 Å². The summed E-state index contributed by atoms with van der Waals surface area (Å²) in [6.45, 7) is 5.96. The van der Waals surface area contributed by atoms with E-state index in [1.807, 2.05) is 32.0 Å². The number of ether oxygens (including phenoxy) is 1. The zero-order valence-electron chi connectivity index (χ0n) is 13.8. The summed E-state index contributed by atoms with van der Waals surface area (Å²) >= 11 is 1.64. The van der Waals surface area contributed by atoms with E-state index in [9.17, 15) is 9.59 Å². The average molecular weight is 336 g/mol. The van der Waals surface area contributed by atoms with E-state index in [1.54, 1.807) is 11.8 Å². The lowest BCUT2D eigenvalue weighted by Crippen LogP contribution is -2.36. The number of hydrogen-bond acceptors (Lipinski definition) is 4. The van der Waals surface area contributed by atoms with Gasteiger partial charge in [-0.2, -0.15) is 11.8 Å². The van der Waals surface area contributed by atoms with Gasteiger partial charge in [-0.3, -0.25) is 9.59 Å². The normalized spacial score (nSPS) is 17.7. The van der Waals surface area contributed by atoms with Gasteiger partial charge in [-0.1, -0.05) is 19.9 Å². The molecule has 6 heteroatoms. The van der Waals surface area contributed by atoms with Crippen molar-refractivity contribution in [2.24, 2.45) is 0 Å². The second-order valence-corrected chi connectivity index (χ2v) is 6.71. The second kappa shape index (κ2) is 8.24. The molecule has 0 saturated carbocycles. The number of fused-ring (bicyclic) bond motifs is 1. The number of nitrogens with one attached hydrogen (secondary N) is 2. The Morgan fingerprint density at radius 1 is 1.43 bits per heavy atom. The first-order valence-corrected chi connectivity index (χ1v) is 9.19. The molecule has 0 radical (unpaired) electrons. The van der Waals surface area contributed by atoms with Gasteiger partial charge in [0.15, 0.2) is 6.10 Å². The molecule has 1 aromatic rings. The van der Waals surface area contributed by atoms with Crippen LogP contribution in [0.2, 0.25) is 0 Å². The molecule has 2 N–H and O–H groups in total. The zero-order chi connectivity index (χ0) is 16.8. The molecule has 0 bridgehead atoms. The van der Waals surface area contributed by atoms with Crippen LogP contribution >= 0.6 is 11.8 Å². The Labute approximate surface area is 141 Å². The Morgan fingerprint density at radius 3 is 2.91 bits per heavy atom. The molecule has 1 aliphatic rings. The Hall–Kier alpha value is -1.69. The van der Waals surface area contributed by atoms with Gasteiger partial charge in [0, 0.05) is 0 Å². The summed E-state index contributed by atoms with van der Waals surface area (Å²) in [5, 5.41) is 5.84. The van der Waals surface area contributed by atoms with Crippen molar-refractivity contribution in [2.45, 2.75) is 45.8 Å². The summed E-state index contributed by atoms with van der Waals surface area (Å²) in [6.07, 6.45) is 1.24. The van der Waals surface area contributed by atoms with Gasteiger partial charge in [0.1, 0.15) is 5.75 Å². The molecule has 1 aromatic carbocycles. The van der Waals surface area contributed by atoms with Gasteiger partial charge < -0.3 is 15.4 Å². The third-order valence-corrected chi connectivity index (χ3v) is 4.82. The monoisotopic (exact) mass is 336 g/mol. The van der Waals surface area contributed by atoms with Crippen LogP contribution in [-0.2, 0) is 9.59 Å². The van der Waals surface area contributed by atoms with Gasteiger partial charge in [0.25, 0.3) is 5.91 Å². The summed E-state index contributed by atoms with van der Waals surface area (Å²) in [6, 6.07) is 5.51. The van der Waals surface area contributed by atoms with E-state index in [0.717, 1.165) is 17.7 Å². The molecule has 0 aromatic heterocycles. The number of hydrogen-bond donors (Lipinski definition) is 2. The van der Waals surface area contributed by atoms with E-state index in [0.29, 0.717) is 23.6 Å². The molecule has 1 aliphatic heterocycles. The lowest BCUT2D eigenvalue weighted by atomic mass is 10.1. The van der Waals surface area contributed by atoms with Crippen LogP contribution in [0.3, 0.4) is 0 Å². The Bertz CT molecular complexity index is 577. The number of carbonyl (C=O) groups excluding carboxylic acids is 2. The first-order chi connectivity index (χ1) is 11.0. The minimum atomic E-state index is -0.451. The summed E-state index contributed by atoms with van der Waals surface area (Å²) in [5.41, 5.74) is 1.64. The molecule has 0 spiro atoms. The fourth-order valence-corrected chi connectivity index (χ4v) is 3.08. The number of benzene rings is 1. The molecule has 2 atom stereocenters. The zero-order valence-corrected chi connectivity index (χ0v) is 14.7. The van der Waals surface area contributed by atoms with Crippen molar-refractivity contribution < 1.29 is 14.3 Å². The molecule has 2 rings (SSSR count). The predicted molar refractivity (Wildman–Crippen MR) is 94.0 cm³/mol. The van der Waals surface area contributed by atoms with Gasteiger partial charge in [0.2, 0.25) is 5.91 Å². The van der Waals surface area contributed by atoms with Crippen molar-refractivity contribution >= 4 is 29.3 Å². The third-order valence-electron chi connectivity index (χ3n) is 3.66. The van der Waals surface area contributed by atoms with Crippen molar-refractivity contribution in [1.29, 1.82) is 0 Å². The largest absolute Gasteiger partial charge is 0.478 e. The fraction of sp³-hybridized carbons (Fsp3) is 0.529. The van der Waals surface area contributed by atoms with Crippen LogP contribution in [0.5, 0.6) is 5.75 Å². The van der Waals surface area contributed by atoms with Crippen LogP contribution in [0.15, 0.2) is 18.2 Å². The van der Waals surface area contributed by atoms with Gasteiger partial charge in [-0.25, -0.2) is 0 Å². The standard InChI is InChI=1S/C17H24N2O3S/c1-4-8-23-10-16(20)18-11(3)12-6-7-13-15(9-12)22-14(5-2)17(21)19-13/h6-7,9,11,14H,4-5,8,10H2,1-3H3,(H,18,20)(H,19,21). The highest BCUT2D eigenvalue weighted by Crippen LogP contribution is 2.32. The number of rotatable bonds is 7. The molecule has 126 valence electrons. The van der Waals surface area contributed by atoms with Gasteiger partial charge in [-0.05, 0) is 43.2 Å². The van der Waals surface area contributed by atoms with Crippen molar-refractivity contribution in [3.05, 3.63) is 23.8 Å². The van der Waals surface area contributed by atoms with Crippen molar-refractivity contribution in [2.75, 3.05) is 16.8 Å². The highest BCUT2D eigenvalue weighted by atomic mass is 32.2. The van der Waals surface area contributed by atoms with Crippen LogP contribution in [0.4, 0.5) is 5.69 Å². The Kier molecular flexibility index (Phi) is 6.33. The number of amides is 2. The molecular weight excluding hydrogens is 312 g/mol. The van der Waals surface area contributed by atoms with E-state index in [-0.39, 0.29) is 17.9 Å². The molecule has 2 unspecified atom stereocenters. The van der Waals surface area contributed by atoms with E-state index in [4.69, 9.17) is 4.74 Å². The number of thioether (sulfide) groups is 1. The molecule has 2 amide bonds. The predicted octanol–water partition coefficient (Wildman–Crippen LogP) is 3.12. The van der Waals surface area contributed by atoms with Crippen molar-refractivity contribution in [3.63, 3.8) is 0 Å². The van der Waals surface area contributed by atoms with Crippen molar-refractivity contribution in [3.8, 4) is 5.75 Å². The van der Waals surface area contributed by atoms with Crippen LogP contribution in [-0.4, -0.2) is 29.4 Å². The SMILES string of the molecule is CCCSCC(=O)NC(C)c1ccc2c(c1)OC(CC)C(=O)N2. The highest BCUT2D eigenvalue weighted by Gasteiger charge is 2.26. The molecule has 5 nitrogen and oxygen atoms in total. The van der Waals surface area contributed by atoms with Gasteiger partial charge >= 0.3 is 0 Å². The smallest absolute Gasteiger partial charge is 0.265 e. The lowest BCUT2D eigenvalue weighted by Gasteiger charge is -2.26. The van der Waals surface area contributed by atoms with E-state index in [2.05, 4.69) is 17.6 Å². The minimum Gasteiger partial charge on any atom is -0.478 e. The average Bonchev–Trinajstić information content (AvgIpc) is 2.53. The third kappa shape index (κ3) is 4.64. The van der Waals surface area contributed by atoms with E-state index in [1.165, 1.54) is 0 Å². The summed E-state index contributed by atoms with van der Waals surface area (Å²) < 4.78 is 5.74. The Balaban J connectivity index is 2.01. The maximum Gasteiger partial charge on any atom is 0.265 e. The first kappa shape index (κ1) is 17.7. The highest BCUT2D eigenvalue weighted by molar-refractivity contribution is 7.99. The molecule has 0 fully saturated rings.